The third-order valence-corrected chi connectivity index (χ3v) is 10.9. The zero-order chi connectivity index (χ0) is 27.9. The Kier molecular flexibility index (Phi) is 16.1. The summed E-state index contributed by atoms with van der Waals surface area (Å²) in [6.45, 7) is 5.72. The minimum Gasteiger partial charge on any atom is -0.309 e. The van der Waals surface area contributed by atoms with E-state index in [9.17, 15) is 4.79 Å². The fourth-order valence-electron chi connectivity index (χ4n) is 7.84. The molecule has 3 fully saturated rings. The van der Waals surface area contributed by atoms with Gasteiger partial charge in [0.15, 0.2) is 0 Å². The summed E-state index contributed by atoms with van der Waals surface area (Å²) in [7, 11) is 4.21. The van der Waals surface area contributed by atoms with Gasteiger partial charge in [-0.25, -0.2) is 0 Å². The first-order valence-electron chi connectivity index (χ1n) is 18.2. The van der Waals surface area contributed by atoms with Gasteiger partial charge in [-0.1, -0.05) is 117 Å². The number of Topliss-reactive ketones (excluding diaryl/α,β-unsaturated/α-hetero) is 1. The Morgan fingerprint density at radius 2 is 1.15 bits per heavy atom. The Bertz CT molecular complexity index is 643. The van der Waals surface area contributed by atoms with Crippen molar-refractivity contribution in [3.8, 4) is 0 Å². The summed E-state index contributed by atoms with van der Waals surface area (Å²) in [5.74, 6) is 7.92. The molecule has 0 aromatic carbocycles. The van der Waals surface area contributed by atoms with E-state index in [1.807, 2.05) is 0 Å². The van der Waals surface area contributed by atoms with Crippen LogP contribution in [0.1, 0.15) is 168 Å². The molecular weight excluding hydrogens is 474 g/mol. The molecule has 0 radical (unpaired) electrons. The molecule has 7 atom stereocenters. The Labute approximate surface area is 245 Å². The zero-order valence-electron chi connectivity index (χ0n) is 27.1. The molecule has 0 aromatic rings. The summed E-state index contributed by atoms with van der Waals surface area (Å²) in [4.78, 5) is 14.8. The quantitative estimate of drug-likeness (QED) is 0.0960. The van der Waals surface area contributed by atoms with Crippen LogP contribution in [0.3, 0.4) is 0 Å². The molecule has 0 heterocycles. The molecule has 39 heavy (non-hydrogen) atoms. The number of carbonyl (C=O) groups excluding carboxylic acids is 1. The summed E-state index contributed by atoms with van der Waals surface area (Å²) in [5, 5.41) is 0. The molecule has 0 spiro atoms. The van der Waals surface area contributed by atoms with E-state index in [1.54, 1.807) is 32.1 Å². The summed E-state index contributed by atoms with van der Waals surface area (Å²) in [6.07, 6.45) is 32.8. The molecule has 2 nitrogen and oxygen atoms in total. The van der Waals surface area contributed by atoms with Gasteiger partial charge in [-0.3, -0.25) is 4.79 Å². The fourth-order valence-corrected chi connectivity index (χ4v) is 7.84. The molecule has 0 saturated heterocycles. The van der Waals surface area contributed by atoms with Gasteiger partial charge < -0.3 is 4.90 Å². The van der Waals surface area contributed by atoms with Gasteiger partial charge >= 0.3 is 0 Å². The van der Waals surface area contributed by atoms with E-state index in [2.05, 4.69) is 32.8 Å². The van der Waals surface area contributed by atoms with Gasteiger partial charge in [0.05, 0.1) is 0 Å². The van der Waals surface area contributed by atoms with E-state index in [1.165, 1.54) is 103 Å². The minimum atomic E-state index is 0.525. The Balaban J connectivity index is 1.15. The molecule has 3 saturated carbocycles. The predicted octanol–water partition coefficient (Wildman–Crippen LogP) is 10.9. The first-order chi connectivity index (χ1) is 19.0. The molecule has 7 unspecified atom stereocenters. The molecule has 3 rings (SSSR count). The molecule has 0 aliphatic heterocycles. The number of nitrogens with zero attached hydrogens (tertiary/aromatic N) is 1. The number of rotatable bonds is 27. The average molecular weight is 544 g/mol. The second-order valence-corrected chi connectivity index (χ2v) is 14.9. The van der Waals surface area contributed by atoms with Gasteiger partial charge in [0.25, 0.3) is 0 Å². The largest absolute Gasteiger partial charge is 0.309 e. The predicted molar refractivity (Wildman–Crippen MR) is 170 cm³/mol. The maximum atomic E-state index is 12.6. The van der Waals surface area contributed by atoms with Crippen molar-refractivity contribution in [1.82, 2.24) is 4.90 Å². The lowest BCUT2D eigenvalue weighted by Gasteiger charge is -2.17. The molecule has 0 bridgehead atoms. The highest BCUT2D eigenvalue weighted by atomic mass is 16.1. The standard InChI is InChI=1S/C37H69NO/c1-5-7-8-9-12-15-19-30(24-37(39)22-18-23-38(3)4)20-16-13-10-11-14-17-21-32-26-34(32)28-36-29-35(36)27-33-25-31(33)6-2/h30-36H,5-29H2,1-4H3. The molecule has 3 aliphatic carbocycles. The monoisotopic (exact) mass is 544 g/mol. The highest BCUT2D eigenvalue weighted by Crippen LogP contribution is 2.58. The van der Waals surface area contributed by atoms with Crippen molar-refractivity contribution in [2.24, 2.45) is 41.4 Å². The van der Waals surface area contributed by atoms with Crippen molar-refractivity contribution in [2.45, 2.75) is 168 Å². The first-order valence-corrected chi connectivity index (χ1v) is 18.2. The molecule has 0 N–H and O–H groups in total. The molecular formula is C37H69NO. The normalized spacial score (nSPS) is 28.1. The van der Waals surface area contributed by atoms with E-state index in [-0.39, 0.29) is 0 Å². The van der Waals surface area contributed by atoms with Crippen molar-refractivity contribution in [3.63, 3.8) is 0 Å². The third kappa shape index (κ3) is 14.9. The maximum absolute atomic E-state index is 12.6. The van der Waals surface area contributed by atoms with Crippen molar-refractivity contribution >= 4 is 5.78 Å². The van der Waals surface area contributed by atoms with Crippen LogP contribution in [0, 0.1) is 41.4 Å². The van der Waals surface area contributed by atoms with Crippen molar-refractivity contribution in [1.29, 1.82) is 0 Å². The van der Waals surface area contributed by atoms with Crippen LogP contribution in [0.25, 0.3) is 0 Å². The lowest BCUT2D eigenvalue weighted by Crippen LogP contribution is -2.15. The average Bonchev–Trinajstić information content (AvgIpc) is 3.83. The van der Waals surface area contributed by atoms with Crippen LogP contribution in [0.15, 0.2) is 0 Å². The molecule has 2 heteroatoms. The van der Waals surface area contributed by atoms with Gasteiger partial charge in [-0.15, -0.1) is 0 Å². The van der Waals surface area contributed by atoms with Crippen LogP contribution >= 0.6 is 0 Å². The van der Waals surface area contributed by atoms with Crippen molar-refractivity contribution in [3.05, 3.63) is 0 Å². The van der Waals surface area contributed by atoms with Crippen LogP contribution in [-0.2, 0) is 4.79 Å². The van der Waals surface area contributed by atoms with Crippen molar-refractivity contribution in [2.75, 3.05) is 20.6 Å². The van der Waals surface area contributed by atoms with E-state index >= 15 is 0 Å². The lowest BCUT2D eigenvalue weighted by molar-refractivity contribution is -0.120. The van der Waals surface area contributed by atoms with Gasteiger partial charge in [0.1, 0.15) is 5.78 Å². The van der Waals surface area contributed by atoms with Crippen LogP contribution in [0.5, 0.6) is 0 Å². The van der Waals surface area contributed by atoms with Crippen molar-refractivity contribution < 1.29 is 4.79 Å². The third-order valence-electron chi connectivity index (χ3n) is 10.9. The summed E-state index contributed by atoms with van der Waals surface area (Å²) in [6, 6.07) is 0. The highest BCUT2D eigenvalue weighted by Gasteiger charge is 2.48. The van der Waals surface area contributed by atoms with Crippen LogP contribution in [0.2, 0.25) is 0 Å². The van der Waals surface area contributed by atoms with Crippen LogP contribution in [-0.4, -0.2) is 31.3 Å². The minimum absolute atomic E-state index is 0.525. The lowest BCUT2D eigenvalue weighted by atomic mass is 9.89. The van der Waals surface area contributed by atoms with Gasteiger partial charge in [0.2, 0.25) is 0 Å². The van der Waals surface area contributed by atoms with Crippen LogP contribution < -0.4 is 0 Å². The highest BCUT2D eigenvalue weighted by molar-refractivity contribution is 5.78. The summed E-state index contributed by atoms with van der Waals surface area (Å²) in [5.41, 5.74) is 0. The van der Waals surface area contributed by atoms with Crippen LogP contribution in [0.4, 0.5) is 0 Å². The summed E-state index contributed by atoms with van der Waals surface area (Å²) >= 11 is 0. The SMILES string of the molecule is CCCCCCCCC(CCCCCCCCC1CC1CC1CC1CC1CC1CC)CC(=O)CCCN(C)C. The van der Waals surface area contributed by atoms with E-state index in [0.717, 1.165) is 61.3 Å². The molecule has 0 amide bonds. The van der Waals surface area contributed by atoms with Gasteiger partial charge in [-0.2, -0.15) is 0 Å². The number of hydrogen-bond acceptors (Lipinski definition) is 2. The zero-order valence-corrected chi connectivity index (χ0v) is 27.1. The first kappa shape index (κ1) is 33.1. The maximum Gasteiger partial charge on any atom is 0.133 e. The number of unbranched alkanes of at least 4 members (excludes halogenated alkanes) is 10. The smallest absolute Gasteiger partial charge is 0.133 e. The number of carbonyl (C=O) groups is 1. The second kappa shape index (κ2) is 18.9. The second-order valence-electron chi connectivity index (χ2n) is 14.9. The topological polar surface area (TPSA) is 20.3 Å². The Hall–Kier alpha value is -0.370. The Morgan fingerprint density at radius 1 is 0.641 bits per heavy atom. The van der Waals surface area contributed by atoms with E-state index in [4.69, 9.17) is 0 Å². The number of hydrogen-bond donors (Lipinski definition) is 0. The van der Waals surface area contributed by atoms with E-state index < -0.39 is 0 Å². The van der Waals surface area contributed by atoms with Gasteiger partial charge in [0, 0.05) is 12.8 Å². The Morgan fingerprint density at radius 3 is 1.74 bits per heavy atom. The molecule has 0 aromatic heterocycles. The number of ketones is 1. The van der Waals surface area contributed by atoms with E-state index in [0.29, 0.717) is 11.7 Å². The molecule has 228 valence electrons. The molecule has 3 aliphatic rings. The fraction of sp³-hybridized carbons (Fsp3) is 0.973. The summed E-state index contributed by atoms with van der Waals surface area (Å²) < 4.78 is 0. The van der Waals surface area contributed by atoms with Gasteiger partial charge in [-0.05, 0) is 101 Å².